The number of aromatic hydroxyl groups is 1. The molecular formula is C9H11Cl2NO. The van der Waals surface area contributed by atoms with Crippen LogP contribution in [0.4, 0.5) is 0 Å². The maximum atomic E-state index is 9.59. The van der Waals surface area contributed by atoms with E-state index in [-0.39, 0.29) is 10.8 Å². The highest BCUT2D eigenvalue weighted by molar-refractivity contribution is 6.35. The normalized spacial score (nSPS) is 11.8. The molecular weight excluding hydrogens is 209 g/mol. The van der Waals surface area contributed by atoms with Crippen LogP contribution in [0.1, 0.15) is 19.4 Å². The molecule has 0 bridgehead atoms. The van der Waals surface area contributed by atoms with Crippen LogP contribution in [0, 0.1) is 0 Å². The molecule has 0 saturated carbocycles. The van der Waals surface area contributed by atoms with E-state index < -0.39 is 5.54 Å². The Hall–Kier alpha value is -0.440. The first-order valence-electron chi connectivity index (χ1n) is 3.79. The van der Waals surface area contributed by atoms with Crippen molar-refractivity contribution in [2.24, 2.45) is 5.73 Å². The molecule has 4 heteroatoms. The van der Waals surface area contributed by atoms with Gasteiger partial charge in [0.1, 0.15) is 5.75 Å². The van der Waals surface area contributed by atoms with E-state index in [1.54, 1.807) is 19.9 Å². The van der Waals surface area contributed by atoms with E-state index in [1.807, 2.05) is 0 Å². The maximum absolute atomic E-state index is 9.59. The number of hydrogen-bond acceptors (Lipinski definition) is 2. The summed E-state index contributed by atoms with van der Waals surface area (Å²) in [5.74, 6) is -0.00133. The van der Waals surface area contributed by atoms with Gasteiger partial charge in [0.25, 0.3) is 0 Å². The van der Waals surface area contributed by atoms with Crippen molar-refractivity contribution in [1.82, 2.24) is 0 Å². The highest BCUT2D eigenvalue weighted by Crippen LogP contribution is 2.35. The molecule has 0 amide bonds. The van der Waals surface area contributed by atoms with Crippen LogP contribution < -0.4 is 5.73 Å². The smallest absolute Gasteiger partial charge is 0.139 e. The van der Waals surface area contributed by atoms with E-state index in [0.717, 1.165) is 0 Å². The SMILES string of the molecule is CC(C)(N)c1cc(Cl)cc(Cl)c1O. The van der Waals surface area contributed by atoms with E-state index in [2.05, 4.69) is 0 Å². The van der Waals surface area contributed by atoms with Crippen LogP contribution in [0.25, 0.3) is 0 Å². The monoisotopic (exact) mass is 219 g/mol. The van der Waals surface area contributed by atoms with Gasteiger partial charge in [-0.3, -0.25) is 0 Å². The van der Waals surface area contributed by atoms with E-state index in [4.69, 9.17) is 28.9 Å². The zero-order valence-electron chi connectivity index (χ0n) is 7.44. The van der Waals surface area contributed by atoms with Gasteiger partial charge in [-0.1, -0.05) is 23.2 Å². The fourth-order valence-corrected chi connectivity index (χ4v) is 1.55. The molecule has 1 aromatic carbocycles. The molecule has 0 aliphatic heterocycles. The number of nitrogens with two attached hydrogens (primary N) is 1. The summed E-state index contributed by atoms with van der Waals surface area (Å²) in [5.41, 5.74) is 5.71. The van der Waals surface area contributed by atoms with Gasteiger partial charge in [-0.2, -0.15) is 0 Å². The van der Waals surface area contributed by atoms with E-state index in [9.17, 15) is 5.11 Å². The third kappa shape index (κ3) is 2.27. The molecule has 0 saturated heterocycles. The van der Waals surface area contributed by atoms with Crippen molar-refractivity contribution in [3.63, 3.8) is 0 Å². The van der Waals surface area contributed by atoms with Crippen LogP contribution in [-0.4, -0.2) is 5.11 Å². The predicted octanol–water partition coefficient (Wildman–Crippen LogP) is 2.89. The second-order valence-corrected chi connectivity index (χ2v) is 4.35. The minimum Gasteiger partial charge on any atom is -0.506 e. The fraction of sp³-hybridized carbons (Fsp3) is 0.333. The number of halogens is 2. The van der Waals surface area contributed by atoms with Crippen molar-refractivity contribution in [3.8, 4) is 5.75 Å². The van der Waals surface area contributed by atoms with Gasteiger partial charge in [-0.05, 0) is 26.0 Å². The summed E-state index contributed by atoms with van der Waals surface area (Å²) in [7, 11) is 0. The second-order valence-electron chi connectivity index (χ2n) is 3.51. The van der Waals surface area contributed by atoms with Crippen molar-refractivity contribution in [2.75, 3.05) is 0 Å². The average Bonchev–Trinajstić information content (AvgIpc) is 1.94. The Labute approximate surface area is 87.3 Å². The topological polar surface area (TPSA) is 46.2 Å². The quantitative estimate of drug-likeness (QED) is 0.764. The highest BCUT2D eigenvalue weighted by Gasteiger charge is 2.20. The Kier molecular flexibility index (Phi) is 2.76. The molecule has 0 spiro atoms. The molecule has 0 aromatic heterocycles. The lowest BCUT2D eigenvalue weighted by molar-refractivity contribution is 0.441. The molecule has 13 heavy (non-hydrogen) atoms. The van der Waals surface area contributed by atoms with Crippen LogP contribution in [0.2, 0.25) is 10.0 Å². The van der Waals surface area contributed by atoms with Gasteiger partial charge in [0.15, 0.2) is 0 Å². The van der Waals surface area contributed by atoms with Crippen molar-refractivity contribution in [2.45, 2.75) is 19.4 Å². The molecule has 1 rings (SSSR count). The predicted molar refractivity (Wildman–Crippen MR) is 55.3 cm³/mol. The molecule has 0 unspecified atom stereocenters. The summed E-state index contributed by atoms with van der Waals surface area (Å²) in [6.07, 6.45) is 0. The number of phenols is 1. The van der Waals surface area contributed by atoms with E-state index >= 15 is 0 Å². The lowest BCUT2D eigenvalue weighted by Crippen LogP contribution is -2.28. The largest absolute Gasteiger partial charge is 0.506 e. The lowest BCUT2D eigenvalue weighted by Gasteiger charge is -2.21. The minimum absolute atomic E-state index is 0.00133. The first kappa shape index (κ1) is 10.6. The lowest BCUT2D eigenvalue weighted by atomic mass is 9.95. The fourth-order valence-electron chi connectivity index (χ4n) is 1.06. The van der Waals surface area contributed by atoms with Gasteiger partial charge in [0, 0.05) is 16.1 Å². The summed E-state index contributed by atoms with van der Waals surface area (Å²) in [4.78, 5) is 0. The van der Waals surface area contributed by atoms with Gasteiger partial charge in [0.05, 0.1) is 5.02 Å². The Bertz CT molecular complexity index is 331. The van der Waals surface area contributed by atoms with Crippen molar-refractivity contribution in [1.29, 1.82) is 0 Å². The molecule has 1 aromatic rings. The second kappa shape index (κ2) is 3.37. The first-order chi connectivity index (χ1) is 5.82. The number of rotatable bonds is 1. The molecule has 0 aliphatic carbocycles. The van der Waals surface area contributed by atoms with Crippen molar-refractivity contribution < 1.29 is 5.11 Å². The molecule has 0 atom stereocenters. The minimum atomic E-state index is -0.654. The third-order valence-electron chi connectivity index (χ3n) is 1.72. The number of benzene rings is 1. The van der Waals surface area contributed by atoms with Crippen molar-refractivity contribution >= 4 is 23.2 Å². The van der Waals surface area contributed by atoms with Gasteiger partial charge < -0.3 is 10.8 Å². The van der Waals surface area contributed by atoms with Crippen molar-refractivity contribution in [3.05, 3.63) is 27.7 Å². The molecule has 3 N–H and O–H groups in total. The standard InChI is InChI=1S/C9H11Cl2NO/c1-9(2,12)6-3-5(10)4-7(11)8(6)13/h3-4,13H,12H2,1-2H3. The highest BCUT2D eigenvalue weighted by atomic mass is 35.5. The molecule has 2 nitrogen and oxygen atoms in total. The Balaban J connectivity index is 3.37. The summed E-state index contributed by atoms with van der Waals surface area (Å²) >= 11 is 11.5. The number of hydrogen-bond donors (Lipinski definition) is 2. The van der Waals surface area contributed by atoms with Gasteiger partial charge in [0.2, 0.25) is 0 Å². The van der Waals surface area contributed by atoms with Crippen LogP contribution in [0.15, 0.2) is 12.1 Å². The molecule has 0 aliphatic rings. The molecule has 0 heterocycles. The average molecular weight is 220 g/mol. The molecule has 72 valence electrons. The first-order valence-corrected chi connectivity index (χ1v) is 4.55. The van der Waals surface area contributed by atoms with Crippen LogP contribution in [0.3, 0.4) is 0 Å². The van der Waals surface area contributed by atoms with E-state index in [1.165, 1.54) is 6.07 Å². The Morgan fingerprint density at radius 3 is 2.31 bits per heavy atom. The van der Waals surface area contributed by atoms with Crippen LogP contribution in [-0.2, 0) is 5.54 Å². The zero-order chi connectivity index (χ0) is 10.2. The maximum Gasteiger partial charge on any atom is 0.139 e. The summed E-state index contributed by atoms with van der Waals surface area (Å²) in [5, 5.41) is 10.3. The third-order valence-corrected chi connectivity index (χ3v) is 2.23. The van der Waals surface area contributed by atoms with E-state index in [0.29, 0.717) is 10.6 Å². The zero-order valence-corrected chi connectivity index (χ0v) is 8.95. The molecule has 0 fully saturated rings. The molecule has 0 radical (unpaired) electrons. The Morgan fingerprint density at radius 2 is 1.85 bits per heavy atom. The summed E-state index contributed by atoms with van der Waals surface area (Å²) < 4.78 is 0. The van der Waals surface area contributed by atoms with Crippen LogP contribution >= 0.6 is 23.2 Å². The summed E-state index contributed by atoms with van der Waals surface area (Å²) in [6.45, 7) is 3.55. The van der Waals surface area contributed by atoms with Crippen LogP contribution in [0.5, 0.6) is 5.75 Å². The van der Waals surface area contributed by atoms with Gasteiger partial charge >= 0.3 is 0 Å². The summed E-state index contributed by atoms with van der Waals surface area (Å²) in [6, 6.07) is 3.09. The van der Waals surface area contributed by atoms with Gasteiger partial charge in [-0.25, -0.2) is 0 Å². The van der Waals surface area contributed by atoms with Gasteiger partial charge in [-0.15, -0.1) is 0 Å². The Morgan fingerprint density at radius 1 is 1.31 bits per heavy atom. The number of phenolic OH excluding ortho intramolecular Hbond substituents is 1.